The zero-order chi connectivity index (χ0) is 20.7. The molecular formula is C20H20N2O5S. The molecule has 0 heterocycles. The SMILES string of the molecule is C#CCNC(=O)COC(=O)c1cc(S(=O)(=O)Nc2cccc(C)c2)ccc1C. The van der Waals surface area contributed by atoms with Crippen molar-refractivity contribution in [3.8, 4) is 12.3 Å². The number of sulfonamides is 1. The smallest absolute Gasteiger partial charge is 0.338 e. The first-order valence-corrected chi connectivity index (χ1v) is 9.78. The van der Waals surface area contributed by atoms with Gasteiger partial charge in [-0.15, -0.1) is 6.42 Å². The van der Waals surface area contributed by atoms with E-state index in [1.807, 2.05) is 13.0 Å². The molecule has 28 heavy (non-hydrogen) atoms. The molecule has 8 heteroatoms. The monoisotopic (exact) mass is 400 g/mol. The van der Waals surface area contributed by atoms with Crippen molar-refractivity contribution >= 4 is 27.6 Å². The number of amides is 1. The van der Waals surface area contributed by atoms with Gasteiger partial charge in [0.1, 0.15) is 0 Å². The van der Waals surface area contributed by atoms with Crippen molar-refractivity contribution in [1.29, 1.82) is 0 Å². The summed E-state index contributed by atoms with van der Waals surface area (Å²) in [7, 11) is -3.91. The lowest BCUT2D eigenvalue weighted by molar-refractivity contribution is -0.123. The van der Waals surface area contributed by atoms with E-state index in [9.17, 15) is 18.0 Å². The maximum atomic E-state index is 12.6. The Morgan fingerprint density at radius 3 is 2.57 bits per heavy atom. The Labute approximate surface area is 164 Å². The van der Waals surface area contributed by atoms with Gasteiger partial charge in [0, 0.05) is 5.69 Å². The molecule has 0 saturated carbocycles. The Kier molecular flexibility index (Phi) is 6.79. The maximum absolute atomic E-state index is 12.6. The number of nitrogens with one attached hydrogen (secondary N) is 2. The first kappa shape index (κ1) is 21.0. The van der Waals surface area contributed by atoms with Gasteiger partial charge in [-0.2, -0.15) is 0 Å². The summed E-state index contributed by atoms with van der Waals surface area (Å²) in [5.74, 6) is 0.876. The van der Waals surface area contributed by atoms with Crippen molar-refractivity contribution in [2.75, 3.05) is 17.9 Å². The summed E-state index contributed by atoms with van der Waals surface area (Å²) < 4.78 is 32.7. The summed E-state index contributed by atoms with van der Waals surface area (Å²) in [4.78, 5) is 23.7. The number of ether oxygens (including phenoxy) is 1. The Balaban J connectivity index is 2.18. The van der Waals surface area contributed by atoms with Crippen molar-refractivity contribution in [3.05, 3.63) is 59.2 Å². The fraction of sp³-hybridized carbons (Fsp3) is 0.200. The minimum absolute atomic E-state index is 0.0216. The lowest BCUT2D eigenvalue weighted by Crippen LogP contribution is -2.29. The van der Waals surface area contributed by atoms with Gasteiger partial charge in [0.05, 0.1) is 17.0 Å². The molecule has 2 aromatic rings. The van der Waals surface area contributed by atoms with E-state index in [1.54, 1.807) is 25.1 Å². The fourth-order valence-corrected chi connectivity index (χ4v) is 3.40. The van der Waals surface area contributed by atoms with Crippen molar-refractivity contribution in [2.45, 2.75) is 18.7 Å². The van der Waals surface area contributed by atoms with Crippen molar-refractivity contribution < 1.29 is 22.7 Å². The van der Waals surface area contributed by atoms with Gasteiger partial charge in [0.15, 0.2) is 6.61 Å². The van der Waals surface area contributed by atoms with Crippen LogP contribution in [0.25, 0.3) is 0 Å². The number of benzene rings is 2. The van der Waals surface area contributed by atoms with Crippen LogP contribution in [0.5, 0.6) is 0 Å². The molecular weight excluding hydrogens is 380 g/mol. The van der Waals surface area contributed by atoms with Gasteiger partial charge in [0.25, 0.3) is 15.9 Å². The molecule has 2 aromatic carbocycles. The molecule has 2 N–H and O–H groups in total. The van der Waals surface area contributed by atoms with E-state index in [4.69, 9.17) is 11.2 Å². The third-order valence-corrected chi connectivity index (χ3v) is 5.11. The summed E-state index contributed by atoms with van der Waals surface area (Å²) in [6.45, 7) is 2.99. The van der Waals surface area contributed by atoms with Crippen LogP contribution in [0, 0.1) is 26.2 Å². The predicted octanol–water partition coefficient (Wildman–Crippen LogP) is 2.01. The van der Waals surface area contributed by atoms with Gasteiger partial charge in [-0.25, -0.2) is 13.2 Å². The minimum atomic E-state index is -3.91. The van der Waals surface area contributed by atoms with Gasteiger partial charge in [-0.3, -0.25) is 9.52 Å². The number of hydrogen-bond acceptors (Lipinski definition) is 5. The van der Waals surface area contributed by atoms with Crippen molar-refractivity contribution in [2.24, 2.45) is 0 Å². The number of rotatable bonds is 7. The number of esters is 1. The highest BCUT2D eigenvalue weighted by Crippen LogP contribution is 2.20. The topological polar surface area (TPSA) is 102 Å². The summed E-state index contributed by atoms with van der Waals surface area (Å²) in [5, 5.41) is 2.36. The average molecular weight is 400 g/mol. The van der Waals surface area contributed by atoms with E-state index in [-0.39, 0.29) is 17.0 Å². The van der Waals surface area contributed by atoms with E-state index in [1.165, 1.54) is 18.2 Å². The van der Waals surface area contributed by atoms with Crippen LogP contribution < -0.4 is 10.0 Å². The molecule has 0 saturated heterocycles. The molecule has 0 aromatic heterocycles. The van der Waals surface area contributed by atoms with E-state index in [0.717, 1.165) is 5.56 Å². The number of hydrogen-bond donors (Lipinski definition) is 2. The average Bonchev–Trinajstić information content (AvgIpc) is 2.64. The van der Waals surface area contributed by atoms with Crippen molar-refractivity contribution in [3.63, 3.8) is 0 Å². The lowest BCUT2D eigenvalue weighted by atomic mass is 10.1. The summed E-state index contributed by atoms with van der Waals surface area (Å²) in [6, 6.07) is 11.0. The lowest BCUT2D eigenvalue weighted by Gasteiger charge is -2.11. The Morgan fingerprint density at radius 1 is 1.14 bits per heavy atom. The quantitative estimate of drug-likeness (QED) is 0.547. The molecule has 0 aliphatic carbocycles. The largest absolute Gasteiger partial charge is 0.452 e. The predicted molar refractivity (Wildman–Crippen MR) is 105 cm³/mol. The third kappa shape index (κ3) is 5.59. The van der Waals surface area contributed by atoms with E-state index in [0.29, 0.717) is 11.3 Å². The van der Waals surface area contributed by atoms with Crippen LogP contribution in [-0.4, -0.2) is 33.4 Å². The van der Waals surface area contributed by atoms with Crippen molar-refractivity contribution in [1.82, 2.24) is 5.32 Å². The minimum Gasteiger partial charge on any atom is -0.452 e. The maximum Gasteiger partial charge on any atom is 0.338 e. The Bertz CT molecular complexity index is 1040. The highest BCUT2D eigenvalue weighted by atomic mass is 32.2. The fourth-order valence-electron chi connectivity index (χ4n) is 2.32. The highest BCUT2D eigenvalue weighted by Gasteiger charge is 2.19. The van der Waals surface area contributed by atoms with Gasteiger partial charge >= 0.3 is 5.97 Å². The van der Waals surface area contributed by atoms with Crippen LogP contribution in [0.1, 0.15) is 21.5 Å². The second kappa shape index (κ2) is 9.06. The summed E-state index contributed by atoms with van der Waals surface area (Å²) >= 11 is 0. The Hall–Kier alpha value is -3.31. The van der Waals surface area contributed by atoms with Gasteiger partial charge < -0.3 is 10.1 Å². The van der Waals surface area contributed by atoms with Crippen LogP contribution in [0.15, 0.2) is 47.4 Å². The zero-order valence-electron chi connectivity index (χ0n) is 15.5. The van der Waals surface area contributed by atoms with Crippen LogP contribution in [-0.2, 0) is 19.6 Å². The summed E-state index contributed by atoms with van der Waals surface area (Å²) in [5.41, 5.74) is 1.88. The van der Waals surface area contributed by atoms with Gasteiger partial charge in [-0.1, -0.05) is 24.1 Å². The molecule has 1 amide bonds. The molecule has 0 spiro atoms. The molecule has 0 aliphatic heterocycles. The number of aryl methyl sites for hydroxylation is 2. The number of anilines is 1. The zero-order valence-corrected chi connectivity index (χ0v) is 16.3. The first-order chi connectivity index (χ1) is 13.2. The Morgan fingerprint density at radius 2 is 1.89 bits per heavy atom. The summed E-state index contributed by atoms with van der Waals surface area (Å²) in [6.07, 6.45) is 5.03. The van der Waals surface area contributed by atoms with Gasteiger partial charge in [0.2, 0.25) is 0 Å². The molecule has 7 nitrogen and oxygen atoms in total. The molecule has 0 fully saturated rings. The molecule has 2 rings (SSSR count). The molecule has 0 aliphatic rings. The molecule has 0 unspecified atom stereocenters. The standard InChI is InChI=1S/C20H20N2O5S/c1-4-10-21-19(23)13-27-20(24)18-12-17(9-8-15(18)3)28(25,26)22-16-7-5-6-14(2)11-16/h1,5-9,11-12,22H,10,13H2,2-3H3,(H,21,23). The second-order valence-electron chi connectivity index (χ2n) is 6.01. The van der Waals surface area contributed by atoms with Crippen LogP contribution >= 0.6 is 0 Å². The van der Waals surface area contributed by atoms with Crippen LogP contribution in [0.2, 0.25) is 0 Å². The van der Waals surface area contributed by atoms with Gasteiger partial charge in [-0.05, 0) is 49.2 Å². The van der Waals surface area contributed by atoms with E-state index >= 15 is 0 Å². The molecule has 146 valence electrons. The number of terminal acetylenes is 1. The van der Waals surface area contributed by atoms with Crippen LogP contribution in [0.4, 0.5) is 5.69 Å². The first-order valence-electron chi connectivity index (χ1n) is 8.30. The molecule has 0 bridgehead atoms. The third-order valence-electron chi connectivity index (χ3n) is 3.73. The molecule has 0 radical (unpaired) electrons. The normalized spacial score (nSPS) is 10.6. The van der Waals surface area contributed by atoms with Crippen LogP contribution in [0.3, 0.4) is 0 Å². The van der Waals surface area contributed by atoms with E-state index < -0.39 is 28.5 Å². The number of carbonyl (C=O) groups excluding carboxylic acids is 2. The second-order valence-corrected chi connectivity index (χ2v) is 7.69. The molecule has 0 atom stereocenters. The highest BCUT2D eigenvalue weighted by molar-refractivity contribution is 7.92. The number of carbonyl (C=O) groups is 2. The van der Waals surface area contributed by atoms with E-state index in [2.05, 4.69) is 16.0 Å².